The minimum Gasteiger partial charge on any atom is -0.396 e. The average molecular weight is 348 g/mol. The zero-order chi connectivity index (χ0) is 17.9. The summed E-state index contributed by atoms with van der Waals surface area (Å²) in [5.41, 5.74) is 0.626. The maximum atomic E-state index is 12.2. The van der Waals surface area contributed by atoms with Gasteiger partial charge in [-0.3, -0.25) is 4.79 Å². The molecule has 0 aromatic carbocycles. The van der Waals surface area contributed by atoms with Crippen LogP contribution in [-0.2, 0) is 0 Å². The third-order valence-electron chi connectivity index (χ3n) is 4.71. The lowest BCUT2D eigenvalue weighted by atomic mass is 10.1. The van der Waals surface area contributed by atoms with Crippen molar-refractivity contribution in [2.24, 2.45) is 0 Å². The molecule has 25 heavy (non-hydrogen) atoms. The van der Waals surface area contributed by atoms with Gasteiger partial charge in [0.2, 0.25) is 0 Å². The lowest BCUT2D eigenvalue weighted by molar-refractivity contribution is 0.0952. The number of aromatic nitrogens is 1. The number of aliphatic hydroxyl groups is 1. The fourth-order valence-corrected chi connectivity index (χ4v) is 2.99. The Labute approximate surface area is 151 Å². The molecule has 0 atom stereocenters. The summed E-state index contributed by atoms with van der Waals surface area (Å²) < 4.78 is 0. The van der Waals surface area contributed by atoms with E-state index in [9.17, 15) is 4.79 Å². The Morgan fingerprint density at radius 3 is 2.40 bits per heavy atom. The van der Waals surface area contributed by atoms with Gasteiger partial charge in [0, 0.05) is 45.5 Å². The summed E-state index contributed by atoms with van der Waals surface area (Å²) in [6, 6.07) is 3.81. The second kappa shape index (κ2) is 11.1. The molecule has 2 heterocycles. The predicted octanol–water partition coefficient (Wildman–Crippen LogP) is 1.90. The second-order valence-corrected chi connectivity index (χ2v) is 6.80. The molecule has 1 saturated heterocycles. The van der Waals surface area contributed by atoms with Gasteiger partial charge in [0.1, 0.15) is 5.82 Å². The third-order valence-corrected chi connectivity index (χ3v) is 4.71. The van der Waals surface area contributed by atoms with Crippen molar-refractivity contribution in [1.29, 1.82) is 0 Å². The summed E-state index contributed by atoms with van der Waals surface area (Å²) in [7, 11) is 2.13. The predicted molar refractivity (Wildman–Crippen MR) is 101 cm³/mol. The summed E-state index contributed by atoms with van der Waals surface area (Å²) >= 11 is 0. The minimum atomic E-state index is -0.0438. The highest BCUT2D eigenvalue weighted by atomic mass is 16.2. The Balaban J connectivity index is 1.64. The monoisotopic (exact) mass is 348 g/mol. The topological polar surface area (TPSA) is 68.7 Å². The molecule has 0 unspecified atom stereocenters. The summed E-state index contributed by atoms with van der Waals surface area (Å²) in [4.78, 5) is 21.2. The molecule has 6 nitrogen and oxygen atoms in total. The number of aliphatic hydroxyl groups excluding tert-OH is 1. The van der Waals surface area contributed by atoms with Crippen LogP contribution in [0.25, 0.3) is 0 Å². The van der Waals surface area contributed by atoms with Crippen molar-refractivity contribution in [3.8, 4) is 0 Å². The fourth-order valence-electron chi connectivity index (χ4n) is 2.99. The van der Waals surface area contributed by atoms with Crippen LogP contribution in [0.3, 0.4) is 0 Å². The van der Waals surface area contributed by atoms with E-state index < -0.39 is 0 Å². The summed E-state index contributed by atoms with van der Waals surface area (Å²) in [5, 5.41) is 11.7. The first kappa shape index (κ1) is 19.7. The van der Waals surface area contributed by atoms with Crippen LogP contribution in [0, 0.1) is 0 Å². The number of anilines is 1. The van der Waals surface area contributed by atoms with Gasteiger partial charge in [0.25, 0.3) is 5.91 Å². The van der Waals surface area contributed by atoms with Crippen molar-refractivity contribution in [3.05, 3.63) is 23.9 Å². The summed E-state index contributed by atoms with van der Waals surface area (Å²) in [5.74, 6) is 0.908. The Bertz CT molecular complexity index is 499. The molecule has 1 aromatic rings. The van der Waals surface area contributed by atoms with Crippen molar-refractivity contribution in [1.82, 2.24) is 15.2 Å². The highest BCUT2D eigenvalue weighted by molar-refractivity contribution is 5.94. The molecule has 0 bridgehead atoms. The molecule has 0 spiro atoms. The number of rotatable bonds is 10. The summed E-state index contributed by atoms with van der Waals surface area (Å²) in [6.07, 6.45) is 8.10. The average Bonchev–Trinajstić information content (AvgIpc) is 2.64. The van der Waals surface area contributed by atoms with Crippen LogP contribution in [0.5, 0.6) is 0 Å². The van der Waals surface area contributed by atoms with Gasteiger partial charge in [-0.25, -0.2) is 4.98 Å². The molecular weight excluding hydrogens is 316 g/mol. The number of carbonyl (C=O) groups is 1. The Kier molecular flexibility index (Phi) is 8.69. The molecule has 6 heteroatoms. The number of nitrogens with zero attached hydrogens (tertiary/aromatic N) is 3. The minimum absolute atomic E-state index is 0.0438. The van der Waals surface area contributed by atoms with Crippen LogP contribution >= 0.6 is 0 Å². The smallest absolute Gasteiger partial charge is 0.252 e. The number of pyridine rings is 1. The number of hydrogen-bond donors (Lipinski definition) is 2. The van der Waals surface area contributed by atoms with Gasteiger partial charge >= 0.3 is 0 Å². The Hall–Kier alpha value is -1.66. The molecule has 2 rings (SSSR count). The van der Waals surface area contributed by atoms with Crippen molar-refractivity contribution in [2.75, 3.05) is 51.3 Å². The normalized spacial score (nSPS) is 15.4. The van der Waals surface area contributed by atoms with E-state index in [-0.39, 0.29) is 12.5 Å². The van der Waals surface area contributed by atoms with E-state index in [1.165, 1.54) is 0 Å². The zero-order valence-electron chi connectivity index (χ0n) is 15.4. The molecule has 1 amide bonds. The third kappa shape index (κ3) is 7.00. The van der Waals surface area contributed by atoms with Crippen LogP contribution in [-0.4, -0.2) is 67.3 Å². The van der Waals surface area contributed by atoms with Crippen LogP contribution in [0.1, 0.15) is 48.9 Å². The van der Waals surface area contributed by atoms with Gasteiger partial charge in [0.15, 0.2) is 0 Å². The van der Waals surface area contributed by atoms with Crippen LogP contribution in [0.2, 0.25) is 0 Å². The maximum Gasteiger partial charge on any atom is 0.252 e. The zero-order valence-corrected chi connectivity index (χ0v) is 15.4. The van der Waals surface area contributed by atoms with Crippen molar-refractivity contribution >= 4 is 11.7 Å². The van der Waals surface area contributed by atoms with Gasteiger partial charge in [-0.1, -0.05) is 25.7 Å². The van der Waals surface area contributed by atoms with E-state index >= 15 is 0 Å². The lowest BCUT2D eigenvalue weighted by Crippen LogP contribution is -2.44. The molecule has 1 aromatic heterocycles. The van der Waals surface area contributed by atoms with E-state index in [1.807, 2.05) is 12.1 Å². The molecule has 140 valence electrons. The van der Waals surface area contributed by atoms with E-state index in [0.717, 1.165) is 70.5 Å². The molecule has 1 fully saturated rings. The van der Waals surface area contributed by atoms with E-state index in [2.05, 4.69) is 27.1 Å². The Morgan fingerprint density at radius 1 is 1.08 bits per heavy atom. The molecule has 0 radical (unpaired) electrons. The largest absolute Gasteiger partial charge is 0.396 e. The van der Waals surface area contributed by atoms with Crippen molar-refractivity contribution in [2.45, 2.75) is 38.5 Å². The van der Waals surface area contributed by atoms with Crippen LogP contribution < -0.4 is 10.2 Å². The van der Waals surface area contributed by atoms with E-state index in [0.29, 0.717) is 12.1 Å². The molecule has 0 aliphatic carbocycles. The van der Waals surface area contributed by atoms with E-state index in [4.69, 9.17) is 5.11 Å². The quantitative estimate of drug-likeness (QED) is 0.632. The molecular formula is C19H32N4O2. The SMILES string of the molecule is CN1CCN(c2ccc(C(=O)NCCCCCCCCO)cn2)CC1. The standard InChI is InChI=1S/C19H32N4O2/c1-22-11-13-23(14-12-22)18-9-8-17(16-21-18)19(25)20-10-6-4-2-3-5-7-15-24/h8-9,16,24H,2-7,10-15H2,1H3,(H,20,25). The molecule has 2 N–H and O–H groups in total. The molecule has 1 aliphatic rings. The number of unbranched alkanes of at least 4 members (excludes halogenated alkanes) is 5. The number of hydrogen-bond acceptors (Lipinski definition) is 5. The number of likely N-dealkylation sites (N-methyl/N-ethyl adjacent to an activating group) is 1. The number of piperazine rings is 1. The van der Waals surface area contributed by atoms with E-state index in [1.54, 1.807) is 6.20 Å². The first-order valence-electron chi connectivity index (χ1n) is 9.49. The Morgan fingerprint density at radius 2 is 1.76 bits per heavy atom. The molecule has 0 saturated carbocycles. The number of amides is 1. The second-order valence-electron chi connectivity index (χ2n) is 6.80. The van der Waals surface area contributed by atoms with Gasteiger partial charge in [0.05, 0.1) is 5.56 Å². The van der Waals surface area contributed by atoms with Gasteiger partial charge in [-0.15, -0.1) is 0 Å². The van der Waals surface area contributed by atoms with Crippen molar-refractivity contribution < 1.29 is 9.90 Å². The van der Waals surface area contributed by atoms with Gasteiger partial charge in [-0.05, 0) is 32.0 Å². The van der Waals surface area contributed by atoms with Crippen molar-refractivity contribution in [3.63, 3.8) is 0 Å². The van der Waals surface area contributed by atoms with Crippen LogP contribution in [0.15, 0.2) is 18.3 Å². The number of nitrogens with one attached hydrogen (secondary N) is 1. The first-order chi connectivity index (χ1) is 12.2. The highest BCUT2D eigenvalue weighted by Gasteiger charge is 2.15. The van der Waals surface area contributed by atoms with Gasteiger partial charge < -0.3 is 20.2 Å². The maximum absolute atomic E-state index is 12.2. The van der Waals surface area contributed by atoms with Gasteiger partial charge in [-0.2, -0.15) is 0 Å². The fraction of sp³-hybridized carbons (Fsp3) is 0.684. The summed E-state index contributed by atoms with van der Waals surface area (Å²) in [6.45, 7) is 5.05. The number of carbonyl (C=O) groups excluding carboxylic acids is 1. The van der Waals surface area contributed by atoms with Crippen LogP contribution in [0.4, 0.5) is 5.82 Å². The molecule has 1 aliphatic heterocycles. The first-order valence-corrected chi connectivity index (χ1v) is 9.49. The lowest BCUT2D eigenvalue weighted by Gasteiger charge is -2.33. The highest BCUT2D eigenvalue weighted by Crippen LogP contribution is 2.13.